The Balaban J connectivity index is 1.99. The number of nitrogens with two attached hydrogens (primary N) is 1. The minimum atomic E-state index is -0.275. The zero-order chi connectivity index (χ0) is 17.2. The molecule has 0 aromatic heterocycles. The van der Waals surface area contributed by atoms with E-state index >= 15 is 0 Å². The van der Waals surface area contributed by atoms with Crippen molar-refractivity contribution in [2.75, 3.05) is 20.1 Å². The van der Waals surface area contributed by atoms with Crippen LogP contribution in [0.1, 0.15) is 32.8 Å². The number of carbonyl (C=O) groups is 1. The maximum absolute atomic E-state index is 13.3. The molecular weight excluding hydrogens is 293 g/mol. The number of piperidine rings is 1. The molecule has 0 aliphatic carbocycles. The Bertz CT molecular complexity index is 561. The van der Waals surface area contributed by atoms with Crippen LogP contribution in [0.15, 0.2) is 24.3 Å². The Hall–Kier alpha value is -1.46. The van der Waals surface area contributed by atoms with E-state index in [0.717, 1.165) is 25.1 Å². The smallest absolute Gasteiger partial charge is 0.239 e. The summed E-state index contributed by atoms with van der Waals surface area (Å²) in [5, 5.41) is 0. The lowest BCUT2D eigenvalue weighted by atomic mass is 9.79. The van der Waals surface area contributed by atoms with Crippen molar-refractivity contribution in [2.45, 2.75) is 45.8 Å². The van der Waals surface area contributed by atoms with Gasteiger partial charge in [0, 0.05) is 32.7 Å². The van der Waals surface area contributed by atoms with Crippen LogP contribution in [-0.2, 0) is 11.3 Å². The van der Waals surface area contributed by atoms with E-state index in [0.29, 0.717) is 6.54 Å². The second kappa shape index (κ2) is 6.97. The number of benzene rings is 1. The minimum Gasteiger partial charge on any atom is -0.340 e. The predicted molar refractivity (Wildman–Crippen MR) is 90.3 cm³/mol. The van der Waals surface area contributed by atoms with Crippen LogP contribution in [0.25, 0.3) is 0 Å². The first-order chi connectivity index (χ1) is 10.7. The average Bonchev–Trinajstić information content (AvgIpc) is 2.48. The van der Waals surface area contributed by atoms with E-state index < -0.39 is 0 Å². The number of hydrogen-bond acceptors (Lipinski definition) is 3. The van der Waals surface area contributed by atoms with Gasteiger partial charge in [-0.25, -0.2) is 4.39 Å². The number of rotatable bonds is 4. The van der Waals surface area contributed by atoms with Crippen molar-refractivity contribution < 1.29 is 9.18 Å². The van der Waals surface area contributed by atoms with Crippen LogP contribution in [0.3, 0.4) is 0 Å². The van der Waals surface area contributed by atoms with E-state index in [-0.39, 0.29) is 29.2 Å². The van der Waals surface area contributed by atoms with Gasteiger partial charge in [0.25, 0.3) is 0 Å². The van der Waals surface area contributed by atoms with E-state index in [1.165, 1.54) is 12.1 Å². The van der Waals surface area contributed by atoms with Gasteiger partial charge in [-0.3, -0.25) is 9.69 Å². The second-order valence-corrected chi connectivity index (χ2v) is 7.35. The summed E-state index contributed by atoms with van der Waals surface area (Å²) in [6, 6.07) is 6.36. The normalized spacial score (nSPS) is 22.6. The average molecular weight is 321 g/mol. The Kier molecular flexibility index (Phi) is 5.42. The Labute approximate surface area is 138 Å². The third kappa shape index (κ3) is 4.30. The maximum Gasteiger partial charge on any atom is 0.239 e. The molecule has 1 aromatic carbocycles. The third-order valence-corrected chi connectivity index (χ3v) is 4.93. The molecule has 0 bridgehead atoms. The molecule has 1 aliphatic rings. The number of likely N-dealkylation sites (N-methyl/N-ethyl adjacent to an activating group) is 1. The Morgan fingerprint density at radius 1 is 1.52 bits per heavy atom. The molecule has 23 heavy (non-hydrogen) atoms. The van der Waals surface area contributed by atoms with Gasteiger partial charge in [-0.05, 0) is 36.5 Å². The van der Waals surface area contributed by atoms with Crippen LogP contribution in [0.2, 0.25) is 0 Å². The zero-order valence-corrected chi connectivity index (χ0v) is 14.6. The number of carbonyl (C=O) groups excluding carboxylic acids is 1. The molecule has 2 N–H and O–H groups in total. The van der Waals surface area contributed by atoms with Gasteiger partial charge in [0.05, 0.1) is 6.04 Å². The molecule has 1 fully saturated rings. The summed E-state index contributed by atoms with van der Waals surface area (Å²) in [4.78, 5) is 16.6. The number of nitrogens with zero attached hydrogens (tertiary/aromatic N) is 2. The number of likely N-dealkylation sites (tertiary alicyclic amines) is 1. The Morgan fingerprint density at radius 3 is 2.83 bits per heavy atom. The van der Waals surface area contributed by atoms with Crippen LogP contribution in [0.4, 0.5) is 4.39 Å². The summed E-state index contributed by atoms with van der Waals surface area (Å²) in [6.07, 6.45) is 0.901. The van der Waals surface area contributed by atoms with Gasteiger partial charge in [0.15, 0.2) is 0 Å². The van der Waals surface area contributed by atoms with Crippen LogP contribution in [0.5, 0.6) is 0 Å². The molecule has 1 heterocycles. The summed E-state index contributed by atoms with van der Waals surface area (Å²) >= 11 is 0. The van der Waals surface area contributed by atoms with Crippen LogP contribution >= 0.6 is 0 Å². The van der Waals surface area contributed by atoms with Crippen molar-refractivity contribution in [3.63, 3.8) is 0 Å². The lowest BCUT2D eigenvalue weighted by molar-refractivity contribution is -0.137. The SMILES string of the molecule is CC(C(=O)N(C)Cc1cccc(F)c1)N1CCC(N)C(C)(C)C1. The van der Waals surface area contributed by atoms with Crippen molar-refractivity contribution >= 4 is 5.91 Å². The monoisotopic (exact) mass is 321 g/mol. The topological polar surface area (TPSA) is 49.6 Å². The minimum absolute atomic E-state index is 0.00786. The zero-order valence-electron chi connectivity index (χ0n) is 14.6. The van der Waals surface area contributed by atoms with Crippen molar-refractivity contribution in [1.82, 2.24) is 9.80 Å². The van der Waals surface area contributed by atoms with Gasteiger partial charge in [0.2, 0.25) is 5.91 Å². The molecule has 2 unspecified atom stereocenters. The summed E-state index contributed by atoms with van der Waals surface area (Å²) in [5.74, 6) is -0.219. The van der Waals surface area contributed by atoms with Crippen LogP contribution < -0.4 is 5.73 Å². The molecule has 128 valence electrons. The first-order valence-corrected chi connectivity index (χ1v) is 8.20. The summed E-state index contributed by atoms with van der Waals surface area (Å²) in [5.41, 5.74) is 6.98. The Morgan fingerprint density at radius 2 is 2.22 bits per heavy atom. The van der Waals surface area contributed by atoms with Crippen LogP contribution in [-0.4, -0.2) is 47.9 Å². The highest BCUT2D eigenvalue weighted by Gasteiger charge is 2.37. The van der Waals surface area contributed by atoms with Gasteiger partial charge in [-0.15, -0.1) is 0 Å². The van der Waals surface area contributed by atoms with Crippen molar-refractivity contribution in [3.05, 3.63) is 35.6 Å². The molecule has 0 saturated carbocycles. The second-order valence-electron chi connectivity index (χ2n) is 7.35. The lowest BCUT2D eigenvalue weighted by Gasteiger charge is -2.45. The standard InChI is InChI=1S/C18H28FN3O/c1-13(22-9-8-16(20)18(2,3)12-22)17(23)21(4)11-14-6-5-7-15(19)10-14/h5-7,10,13,16H,8-9,11-12,20H2,1-4H3. The predicted octanol–water partition coefficient (Wildman–Crippen LogP) is 2.23. The molecule has 4 nitrogen and oxygen atoms in total. The summed E-state index contributed by atoms with van der Waals surface area (Å²) < 4.78 is 13.3. The molecule has 2 atom stereocenters. The first-order valence-electron chi connectivity index (χ1n) is 8.20. The van der Waals surface area contributed by atoms with E-state index in [1.54, 1.807) is 18.0 Å². The van der Waals surface area contributed by atoms with Gasteiger partial charge >= 0.3 is 0 Å². The van der Waals surface area contributed by atoms with Gasteiger partial charge in [-0.2, -0.15) is 0 Å². The largest absolute Gasteiger partial charge is 0.340 e. The van der Waals surface area contributed by atoms with Gasteiger partial charge in [0.1, 0.15) is 5.82 Å². The van der Waals surface area contributed by atoms with Gasteiger partial charge < -0.3 is 10.6 Å². The molecule has 1 saturated heterocycles. The van der Waals surface area contributed by atoms with Gasteiger partial charge in [-0.1, -0.05) is 26.0 Å². The number of hydrogen-bond donors (Lipinski definition) is 1. The number of amides is 1. The van der Waals surface area contributed by atoms with Crippen LogP contribution in [0, 0.1) is 11.2 Å². The fraction of sp³-hybridized carbons (Fsp3) is 0.611. The molecule has 1 aromatic rings. The van der Waals surface area contributed by atoms with E-state index in [9.17, 15) is 9.18 Å². The molecule has 0 radical (unpaired) electrons. The van der Waals surface area contributed by atoms with E-state index in [2.05, 4.69) is 18.7 Å². The fourth-order valence-electron chi connectivity index (χ4n) is 3.21. The van der Waals surface area contributed by atoms with E-state index in [4.69, 9.17) is 5.73 Å². The molecule has 1 amide bonds. The highest BCUT2D eigenvalue weighted by molar-refractivity contribution is 5.81. The highest BCUT2D eigenvalue weighted by Crippen LogP contribution is 2.29. The molecule has 0 spiro atoms. The molecule has 2 rings (SSSR count). The maximum atomic E-state index is 13.3. The quantitative estimate of drug-likeness (QED) is 0.925. The summed E-state index contributed by atoms with van der Waals surface area (Å²) in [6.45, 7) is 8.31. The molecule has 5 heteroatoms. The lowest BCUT2D eigenvalue weighted by Crippen LogP contribution is -2.57. The van der Waals surface area contributed by atoms with E-state index in [1.807, 2.05) is 13.0 Å². The molecular formula is C18H28FN3O. The number of halogens is 1. The third-order valence-electron chi connectivity index (χ3n) is 4.93. The van der Waals surface area contributed by atoms with Crippen molar-refractivity contribution in [2.24, 2.45) is 11.1 Å². The fourth-order valence-corrected chi connectivity index (χ4v) is 3.21. The van der Waals surface area contributed by atoms with Crippen molar-refractivity contribution in [1.29, 1.82) is 0 Å². The summed E-state index contributed by atoms with van der Waals surface area (Å²) in [7, 11) is 1.77. The molecule has 1 aliphatic heterocycles. The highest BCUT2D eigenvalue weighted by atomic mass is 19.1. The van der Waals surface area contributed by atoms with Crippen molar-refractivity contribution in [3.8, 4) is 0 Å². The first kappa shape index (κ1) is 17.9.